The van der Waals surface area contributed by atoms with Gasteiger partial charge in [-0.05, 0) is 36.4 Å². The molecule has 1 heterocycles. The second-order valence-electron chi connectivity index (χ2n) is 6.34. The Balaban J connectivity index is 1.42. The minimum absolute atomic E-state index is 0.194. The molecule has 1 aliphatic rings. The van der Waals surface area contributed by atoms with Gasteiger partial charge in [0.15, 0.2) is 0 Å². The molecule has 0 saturated carbocycles. The van der Waals surface area contributed by atoms with E-state index < -0.39 is 6.10 Å². The van der Waals surface area contributed by atoms with Crippen LogP contribution in [0, 0.1) is 17.1 Å². The van der Waals surface area contributed by atoms with Crippen LogP contribution in [0.5, 0.6) is 5.75 Å². The summed E-state index contributed by atoms with van der Waals surface area (Å²) >= 11 is 0. The number of hydrogen-bond acceptors (Lipinski definition) is 5. The Kier molecular flexibility index (Phi) is 6.05. The van der Waals surface area contributed by atoms with Gasteiger partial charge >= 0.3 is 0 Å². The van der Waals surface area contributed by atoms with E-state index in [1.165, 1.54) is 6.07 Å². The van der Waals surface area contributed by atoms with Crippen molar-refractivity contribution in [2.45, 2.75) is 6.10 Å². The molecule has 1 aliphatic heterocycles. The van der Waals surface area contributed by atoms with Crippen LogP contribution in [-0.4, -0.2) is 55.4 Å². The number of β-amino-alcohol motifs (C(OH)–C–C–N with tert-alkyl or cyclic N) is 1. The van der Waals surface area contributed by atoms with E-state index in [1.807, 2.05) is 11.0 Å². The summed E-state index contributed by atoms with van der Waals surface area (Å²) in [6.07, 6.45) is -0.606. The third-order valence-corrected chi connectivity index (χ3v) is 4.46. The van der Waals surface area contributed by atoms with Crippen LogP contribution >= 0.6 is 0 Å². The smallest absolute Gasteiger partial charge is 0.146 e. The fourth-order valence-corrected chi connectivity index (χ4v) is 3.05. The Hall–Kier alpha value is -2.62. The molecule has 2 aromatic carbocycles. The van der Waals surface area contributed by atoms with Gasteiger partial charge in [0.05, 0.1) is 17.3 Å². The molecule has 26 heavy (non-hydrogen) atoms. The molecule has 1 fully saturated rings. The van der Waals surface area contributed by atoms with E-state index in [2.05, 4.69) is 11.0 Å². The zero-order valence-electron chi connectivity index (χ0n) is 14.5. The summed E-state index contributed by atoms with van der Waals surface area (Å²) in [5.74, 6) is 0.434. The number of benzene rings is 2. The Bertz CT molecular complexity index is 752. The van der Waals surface area contributed by atoms with E-state index in [9.17, 15) is 9.50 Å². The quantitative estimate of drug-likeness (QED) is 0.861. The van der Waals surface area contributed by atoms with Crippen LogP contribution in [0.15, 0.2) is 48.5 Å². The maximum Gasteiger partial charge on any atom is 0.146 e. The van der Waals surface area contributed by atoms with Crippen LogP contribution in [0.3, 0.4) is 0 Å². The molecule has 0 radical (unpaired) electrons. The van der Waals surface area contributed by atoms with Gasteiger partial charge < -0.3 is 14.7 Å². The predicted molar refractivity (Wildman–Crippen MR) is 97.7 cm³/mol. The first-order valence-corrected chi connectivity index (χ1v) is 8.68. The molecule has 2 aromatic rings. The van der Waals surface area contributed by atoms with Crippen molar-refractivity contribution < 1.29 is 14.2 Å². The normalized spacial score (nSPS) is 16.1. The van der Waals surface area contributed by atoms with Gasteiger partial charge in [-0.15, -0.1) is 0 Å². The first kappa shape index (κ1) is 18.2. The number of hydrogen-bond donors (Lipinski definition) is 1. The topological polar surface area (TPSA) is 59.7 Å². The lowest BCUT2D eigenvalue weighted by Gasteiger charge is -2.36. The Morgan fingerprint density at radius 3 is 2.42 bits per heavy atom. The van der Waals surface area contributed by atoms with Crippen molar-refractivity contribution in [3.8, 4) is 11.8 Å². The van der Waals surface area contributed by atoms with Crippen LogP contribution in [0.4, 0.5) is 10.1 Å². The molecule has 0 bridgehead atoms. The number of halogens is 1. The fourth-order valence-electron chi connectivity index (χ4n) is 3.05. The third-order valence-electron chi connectivity index (χ3n) is 4.46. The van der Waals surface area contributed by atoms with Gasteiger partial charge in [-0.2, -0.15) is 5.26 Å². The van der Waals surface area contributed by atoms with Crippen LogP contribution in [0.2, 0.25) is 0 Å². The van der Waals surface area contributed by atoms with E-state index in [1.54, 1.807) is 36.4 Å². The Morgan fingerprint density at radius 1 is 1.08 bits per heavy atom. The lowest BCUT2D eigenvalue weighted by atomic mass is 10.2. The van der Waals surface area contributed by atoms with E-state index in [0.717, 1.165) is 26.2 Å². The van der Waals surface area contributed by atoms with Gasteiger partial charge in [-0.3, -0.25) is 4.90 Å². The number of nitrogens with zero attached hydrogens (tertiary/aromatic N) is 3. The molecular weight excluding hydrogens is 333 g/mol. The molecule has 1 unspecified atom stereocenters. The van der Waals surface area contributed by atoms with Crippen molar-refractivity contribution in [2.75, 3.05) is 44.2 Å². The molecule has 0 spiro atoms. The molecule has 6 heteroatoms. The highest BCUT2D eigenvalue weighted by Gasteiger charge is 2.21. The summed E-state index contributed by atoms with van der Waals surface area (Å²) in [6, 6.07) is 15.7. The van der Waals surface area contributed by atoms with Crippen molar-refractivity contribution in [2.24, 2.45) is 0 Å². The standard InChI is InChI=1S/C20H22FN3O2/c21-19-3-1-2-4-20(19)24-11-9-23(10-12-24)14-17(25)15-26-18-7-5-16(13-22)6-8-18/h1-8,17,25H,9-12,14-15H2. The Labute approximate surface area is 152 Å². The number of aliphatic hydroxyl groups excluding tert-OH is 1. The average Bonchev–Trinajstić information content (AvgIpc) is 2.68. The second-order valence-corrected chi connectivity index (χ2v) is 6.34. The predicted octanol–water partition coefficient (Wildman–Crippen LogP) is 2.26. The van der Waals surface area contributed by atoms with Crippen LogP contribution < -0.4 is 9.64 Å². The van der Waals surface area contributed by atoms with Crippen molar-refractivity contribution >= 4 is 5.69 Å². The van der Waals surface area contributed by atoms with Gasteiger partial charge in [0.25, 0.3) is 0 Å². The number of ether oxygens (including phenoxy) is 1. The summed E-state index contributed by atoms with van der Waals surface area (Å²) in [5, 5.41) is 19.0. The highest BCUT2D eigenvalue weighted by atomic mass is 19.1. The molecule has 1 saturated heterocycles. The largest absolute Gasteiger partial charge is 0.491 e. The summed E-state index contributed by atoms with van der Waals surface area (Å²) in [4.78, 5) is 4.19. The molecule has 0 aromatic heterocycles. The Morgan fingerprint density at radius 2 is 1.77 bits per heavy atom. The number of piperazine rings is 1. The number of aliphatic hydroxyl groups is 1. The van der Waals surface area contributed by atoms with Crippen LogP contribution in [0.1, 0.15) is 5.56 Å². The molecule has 1 atom stereocenters. The maximum atomic E-state index is 13.9. The zero-order chi connectivity index (χ0) is 18.4. The number of para-hydroxylation sites is 1. The molecule has 1 N–H and O–H groups in total. The van der Waals surface area contributed by atoms with Gasteiger partial charge in [0.1, 0.15) is 24.3 Å². The molecule has 5 nitrogen and oxygen atoms in total. The molecular formula is C20H22FN3O2. The first-order valence-electron chi connectivity index (χ1n) is 8.68. The van der Waals surface area contributed by atoms with Crippen molar-refractivity contribution in [1.82, 2.24) is 4.90 Å². The molecule has 0 amide bonds. The molecule has 136 valence electrons. The monoisotopic (exact) mass is 355 g/mol. The van der Waals surface area contributed by atoms with E-state index in [-0.39, 0.29) is 12.4 Å². The second kappa shape index (κ2) is 8.65. The highest BCUT2D eigenvalue weighted by Crippen LogP contribution is 2.20. The maximum absolute atomic E-state index is 13.9. The average molecular weight is 355 g/mol. The van der Waals surface area contributed by atoms with Gasteiger partial charge in [0, 0.05) is 32.7 Å². The third kappa shape index (κ3) is 4.72. The molecule has 3 rings (SSSR count). The van der Waals surface area contributed by atoms with Gasteiger partial charge in [-0.1, -0.05) is 12.1 Å². The van der Waals surface area contributed by atoms with Crippen molar-refractivity contribution in [3.05, 3.63) is 59.9 Å². The van der Waals surface area contributed by atoms with Crippen molar-refractivity contribution in [3.63, 3.8) is 0 Å². The van der Waals surface area contributed by atoms with E-state index in [4.69, 9.17) is 10.00 Å². The SMILES string of the molecule is N#Cc1ccc(OCC(O)CN2CCN(c3ccccc3F)CC2)cc1. The lowest BCUT2D eigenvalue weighted by Crippen LogP contribution is -2.49. The number of rotatable bonds is 6. The summed E-state index contributed by atoms with van der Waals surface area (Å²) < 4.78 is 19.4. The highest BCUT2D eigenvalue weighted by molar-refractivity contribution is 5.48. The minimum Gasteiger partial charge on any atom is -0.491 e. The van der Waals surface area contributed by atoms with E-state index in [0.29, 0.717) is 23.5 Å². The van der Waals surface area contributed by atoms with Crippen molar-refractivity contribution in [1.29, 1.82) is 5.26 Å². The molecule has 0 aliphatic carbocycles. The summed E-state index contributed by atoms with van der Waals surface area (Å²) in [5.41, 5.74) is 1.21. The van der Waals surface area contributed by atoms with Gasteiger partial charge in [-0.25, -0.2) is 4.39 Å². The van der Waals surface area contributed by atoms with Crippen LogP contribution in [-0.2, 0) is 0 Å². The summed E-state index contributed by atoms with van der Waals surface area (Å²) in [7, 11) is 0. The van der Waals surface area contributed by atoms with E-state index >= 15 is 0 Å². The summed E-state index contributed by atoms with van der Waals surface area (Å²) in [6.45, 7) is 3.69. The van der Waals surface area contributed by atoms with Crippen LogP contribution in [0.25, 0.3) is 0 Å². The van der Waals surface area contributed by atoms with Gasteiger partial charge in [0.2, 0.25) is 0 Å². The first-order chi connectivity index (χ1) is 12.7. The fraction of sp³-hybridized carbons (Fsp3) is 0.350. The zero-order valence-corrected chi connectivity index (χ0v) is 14.5. The minimum atomic E-state index is -0.606. The lowest BCUT2D eigenvalue weighted by molar-refractivity contribution is 0.0662. The number of nitriles is 1. The number of anilines is 1.